The fraction of sp³-hybridized carbons (Fsp3) is 0.125. The molecule has 31 heavy (non-hydrogen) atoms. The van der Waals surface area contributed by atoms with Gasteiger partial charge in [-0.2, -0.15) is 0 Å². The van der Waals surface area contributed by atoms with Crippen molar-refractivity contribution in [2.75, 3.05) is 0 Å². The Labute approximate surface area is 184 Å². The molecule has 0 bridgehead atoms. The van der Waals surface area contributed by atoms with Crippen molar-refractivity contribution in [3.05, 3.63) is 90.0 Å². The molecule has 0 aliphatic heterocycles. The van der Waals surface area contributed by atoms with Crippen LogP contribution in [0.2, 0.25) is 0 Å². The second kappa shape index (κ2) is 8.28. The zero-order valence-electron chi connectivity index (χ0n) is 17.2. The average Bonchev–Trinajstić information content (AvgIpc) is 3.22. The van der Waals surface area contributed by atoms with E-state index in [2.05, 4.69) is 38.8 Å². The van der Waals surface area contributed by atoms with Crippen LogP contribution in [0.15, 0.2) is 78.2 Å². The van der Waals surface area contributed by atoms with Crippen LogP contribution in [0.4, 0.5) is 0 Å². The van der Waals surface area contributed by atoms with Crippen LogP contribution in [-0.4, -0.2) is 29.7 Å². The van der Waals surface area contributed by atoms with Crippen LogP contribution >= 0.6 is 11.8 Å². The minimum Gasteiger partial charge on any atom is -0.270 e. The standard InChI is InChI=1S/C24H20N6S/c1-16-8-3-6-12-22(16)30-23(18-9-7-13-25-14-18)28-29-24(30)31-15-21-17(2)26-19-10-4-5-11-20(19)27-21/h3-14H,15H2,1-2H3. The van der Waals surface area contributed by atoms with Gasteiger partial charge in [-0.15, -0.1) is 10.2 Å². The van der Waals surface area contributed by atoms with E-state index in [0.717, 1.165) is 50.2 Å². The van der Waals surface area contributed by atoms with Crippen LogP contribution in [0.5, 0.6) is 0 Å². The summed E-state index contributed by atoms with van der Waals surface area (Å²) in [6.07, 6.45) is 3.57. The minimum atomic E-state index is 0.653. The molecule has 3 heterocycles. The van der Waals surface area contributed by atoms with Crippen LogP contribution in [0, 0.1) is 13.8 Å². The van der Waals surface area contributed by atoms with Crippen LogP contribution in [-0.2, 0) is 5.75 Å². The number of aryl methyl sites for hydroxylation is 2. The Balaban J connectivity index is 1.55. The Morgan fingerprint density at radius 2 is 1.61 bits per heavy atom. The lowest BCUT2D eigenvalue weighted by molar-refractivity contribution is 0.879. The quantitative estimate of drug-likeness (QED) is 0.362. The first-order valence-electron chi connectivity index (χ1n) is 9.97. The molecule has 0 aliphatic carbocycles. The van der Waals surface area contributed by atoms with E-state index in [9.17, 15) is 0 Å². The molecule has 3 aromatic heterocycles. The second-order valence-electron chi connectivity index (χ2n) is 7.20. The van der Waals surface area contributed by atoms with Crippen molar-refractivity contribution in [1.82, 2.24) is 29.7 Å². The molecule has 5 rings (SSSR count). The summed E-state index contributed by atoms with van der Waals surface area (Å²) < 4.78 is 2.10. The highest BCUT2D eigenvalue weighted by Crippen LogP contribution is 2.31. The Bertz CT molecular complexity index is 1360. The van der Waals surface area contributed by atoms with Gasteiger partial charge in [0.15, 0.2) is 11.0 Å². The van der Waals surface area contributed by atoms with Gasteiger partial charge in [-0.25, -0.2) is 9.97 Å². The summed E-state index contributed by atoms with van der Waals surface area (Å²) >= 11 is 1.61. The first-order chi connectivity index (χ1) is 15.2. The van der Waals surface area contributed by atoms with E-state index in [1.54, 1.807) is 18.0 Å². The Hall–Kier alpha value is -3.58. The topological polar surface area (TPSA) is 69.4 Å². The first kappa shape index (κ1) is 19.4. The fourth-order valence-electron chi connectivity index (χ4n) is 3.47. The van der Waals surface area contributed by atoms with Gasteiger partial charge in [0.1, 0.15) is 0 Å². The molecule has 2 aromatic carbocycles. The summed E-state index contributed by atoms with van der Waals surface area (Å²) in [5, 5.41) is 9.83. The summed E-state index contributed by atoms with van der Waals surface area (Å²) in [6, 6.07) is 20.1. The van der Waals surface area contributed by atoms with Crippen LogP contribution in [0.25, 0.3) is 28.1 Å². The Morgan fingerprint density at radius 1 is 0.839 bits per heavy atom. The molecular weight excluding hydrogens is 404 g/mol. The lowest BCUT2D eigenvalue weighted by Gasteiger charge is -2.13. The summed E-state index contributed by atoms with van der Waals surface area (Å²) in [5.41, 5.74) is 6.82. The molecule has 0 amide bonds. The number of hydrogen-bond donors (Lipinski definition) is 0. The SMILES string of the molecule is Cc1ccccc1-n1c(SCc2nc3ccccc3nc2C)nnc1-c1cccnc1. The summed E-state index contributed by atoms with van der Waals surface area (Å²) in [4.78, 5) is 13.8. The number of benzene rings is 2. The van der Waals surface area contributed by atoms with Crippen molar-refractivity contribution in [1.29, 1.82) is 0 Å². The van der Waals surface area contributed by atoms with Gasteiger partial charge in [-0.05, 0) is 49.7 Å². The lowest BCUT2D eigenvalue weighted by atomic mass is 10.2. The van der Waals surface area contributed by atoms with E-state index in [4.69, 9.17) is 9.97 Å². The number of rotatable bonds is 5. The molecule has 0 saturated heterocycles. The van der Waals surface area contributed by atoms with Gasteiger partial charge in [0.25, 0.3) is 0 Å². The summed E-state index contributed by atoms with van der Waals surface area (Å²) in [6.45, 7) is 4.10. The molecule has 0 saturated carbocycles. The smallest absolute Gasteiger partial charge is 0.196 e. The zero-order valence-corrected chi connectivity index (χ0v) is 18.0. The molecule has 0 spiro atoms. The summed E-state index contributed by atoms with van der Waals surface area (Å²) in [7, 11) is 0. The number of thioether (sulfide) groups is 1. The van der Waals surface area contributed by atoms with E-state index in [1.807, 2.05) is 61.7 Å². The minimum absolute atomic E-state index is 0.653. The summed E-state index contributed by atoms with van der Waals surface area (Å²) in [5.74, 6) is 1.42. The molecule has 152 valence electrons. The van der Waals surface area contributed by atoms with E-state index in [0.29, 0.717) is 5.75 Å². The third-order valence-electron chi connectivity index (χ3n) is 5.09. The molecule has 0 N–H and O–H groups in total. The van der Waals surface area contributed by atoms with Crippen molar-refractivity contribution >= 4 is 22.8 Å². The normalized spacial score (nSPS) is 11.2. The number of aromatic nitrogens is 6. The van der Waals surface area contributed by atoms with Crippen LogP contribution < -0.4 is 0 Å². The van der Waals surface area contributed by atoms with Crippen LogP contribution in [0.3, 0.4) is 0 Å². The Morgan fingerprint density at radius 3 is 2.39 bits per heavy atom. The van der Waals surface area contributed by atoms with Crippen molar-refractivity contribution < 1.29 is 0 Å². The highest BCUT2D eigenvalue weighted by Gasteiger charge is 2.18. The van der Waals surface area contributed by atoms with Gasteiger partial charge in [0.2, 0.25) is 0 Å². The van der Waals surface area contributed by atoms with Gasteiger partial charge in [0.05, 0.1) is 28.1 Å². The number of para-hydroxylation sites is 3. The maximum Gasteiger partial charge on any atom is 0.196 e. The number of nitrogens with zero attached hydrogens (tertiary/aromatic N) is 6. The number of hydrogen-bond acceptors (Lipinski definition) is 6. The van der Waals surface area contributed by atoms with Crippen molar-refractivity contribution in [3.8, 4) is 17.1 Å². The zero-order chi connectivity index (χ0) is 21.2. The molecule has 5 aromatic rings. The van der Waals surface area contributed by atoms with Gasteiger partial charge >= 0.3 is 0 Å². The lowest BCUT2D eigenvalue weighted by Crippen LogP contribution is -2.03. The van der Waals surface area contributed by atoms with Crippen molar-refractivity contribution in [2.24, 2.45) is 0 Å². The van der Waals surface area contributed by atoms with Crippen molar-refractivity contribution in [3.63, 3.8) is 0 Å². The second-order valence-corrected chi connectivity index (χ2v) is 8.15. The van der Waals surface area contributed by atoms with Gasteiger partial charge in [-0.1, -0.05) is 42.1 Å². The molecule has 0 unspecified atom stereocenters. The highest BCUT2D eigenvalue weighted by molar-refractivity contribution is 7.98. The Kier molecular flexibility index (Phi) is 5.18. The first-order valence-corrected chi connectivity index (χ1v) is 11.0. The van der Waals surface area contributed by atoms with Crippen LogP contribution in [0.1, 0.15) is 17.0 Å². The number of pyridine rings is 1. The maximum atomic E-state index is 4.82. The molecule has 6 nitrogen and oxygen atoms in total. The van der Waals surface area contributed by atoms with Crippen molar-refractivity contribution in [2.45, 2.75) is 24.8 Å². The largest absolute Gasteiger partial charge is 0.270 e. The van der Waals surface area contributed by atoms with E-state index in [-0.39, 0.29) is 0 Å². The monoisotopic (exact) mass is 424 g/mol. The molecular formula is C24H20N6S. The molecule has 0 aliphatic rings. The molecule has 0 atom stereocenters. The maximum absolute atomic E-state index is 4.82. The third kappa shape index (κ3) is 3.80. The van der Waals surface area contributed by atoms with Gasteiger partial charge in [0, 0.05) is 23.7 Å². The van der Waals surface area contributed by atoms with Gasteiger partial charge < -0.3 is 0 Å². The van der Waals surface area contributed by atoms with E-state index in [1.165, 1.54) is 0 Å². The molecule has 7 heteroatoms. The predicted molar refractivity (Wildman–Crippen MR) is 123 cm³/mol. The van der Waals surface area contributed by atoms with E-state index < -0.39 is 0 Å². The van der Waals surface area contributed by atoms with Gasteiger partial charge in [-0.3, -0.25) is 9.55 Å². The molecule has 0 fully saturated rings. The fourth-order valence-corrected chi connectivity index (χ4v) is 4.42. The molecule has 0 radical (unpaired) electrons. The number of fused-ring (bicyclic) bond motifs is 1. The third-order valence-corrected chi connectivity index (χ3v) is 6.03. The highest BCUT2D eigenvalue weighted by atomic mass is 32.2. The van der Waals surface area contributed by atoms with E-state index >= 15 is 0 Å². The predicted octanol–water partition coefficient (Wildman–Crippen LogP) is 5.18. The average molecular weight is 425 g/mol.